The number of ether oxygens (including phenoxy) is 1. The molecule has 1 fully saturated rings. The second-order valence-electron chi connectivity index (χ2n) is 5.98. The molecule has 0 N–H and O–H groups in total. The first-order valence-corrected chi connectivity index (χ1v) is 9.79. The number of thioether (sulfide) groups is 1. The molecule has 0 aromatic heterocycles. The Kier molecular flexibility index (Phi) is 10.3. The smallest absolute Gasteiger partial charge is 0.305 e. The van der Waals surface area contributed by atoms with Crippen molar-refractivity contribution in [3.8, 4) is 0 Å². The van der Waals surface area contributed by atoms with Crippen LogP contribution in [-0.4, -0.2) is 59.8 Å². The standard InChI is InChI=1S/C18H21ClN2O3S2.ClH/c1-20(2)10-11-24-16(22)8-5-9-21-17(23)15(26-18(21)25)12-13-6-3-4-7-14(13)19;/h3-4,6-7,12H,5,8-11H2,1-2H3;1H/b15-12+;. The van der Waals surface area contributed by atoms with Gasteiger partial charge in [0, 0.05) is 24.5 Å². The Labute approximate surface area is 180 Å². The van der Waals surface area contributed by atoms with Crippen molar-refractivity contribution in [2.75, 3.05) is 33.8 Å². The summed E-state index contributed by atoms with van der Waals surface area (Å²) in [5.74, 6) is -0.412. The van der Waals surface area contributed by atoms with Gasteiger partial charge in [0.25, 0.3) is 5.91 Å². The number of carbonyl (C=O) groups excluding carboxylic acids is 2. The fourth-order valence-corrected chi connectivity index (χ4v) is 3.71. The summed E-state index contributed by atoms with van der Waals surface area (Å²) >= 11 is 12.7. The minimum Gasteiger partial charge on any atom is -0.464 e. The number of nitrogens with zero attached hydrogens (tertiary/aromatic N) is 2. The molecule has 2 rings (SSSR count). The molecule has 27 heavy (non-hydrogen) atoms. The highest BCUT2D eigenvalue weighted by atomic mass is 35.5. The molecule has 0 bridgehead atoms. The normalized spacial score (nSPS) is 15.4. The third kappa shape index (κ3) is 7.43. The Bertz CT molecular complexity index is 726. The topological polar surface area (TPSA) is 49.9 Å². The van der Waals surface area contributed by atoms with E-state index in [9.17, 15) is 9.59 Å². The monoisotopic (exact) mass is 448 g/mol. The van der Waals surface area contributed by atoms with Crippen molar-refractivity contribution in [1.29, 1.82) is 0 Å². The van der Waals surface area contributed by atoms with Crippen molar-refractivity contribution < 1.29 is 14.3 Å². The first-order chi connectivity index (χ1) is 12.4. The van der Waals surface area contributed by atoms with Gasteiger partial charge in [-0.05, 0) is 38.2 Å². The molecular formula is C18H22Cl2N2O3S2. The lowest BCUT2D eigenvalue weighted by atomic mass is 10.2. The summed E-state index contributed by atoms with van der Waals surface area (Å²) in [4.78, 5) is 28.2. The van der Waals surface area contributed by atoms with Gasteiger partial charge >= 0.3 is 5.97 Å². The molecule has 1 amide bonds. The van der Waals surface area contributed by atoms with Crippen molar-refractivity contribution in [2.24, 2.45) is 0 Å². The Morgan fingerprint density at radius 3 is 2.74 bits per heavy atom. The molecule has 148 valence electrons. The van der Waals surface area contributed by atoms with Crippen molar-refractivity contribution >= 4 is 70.3 Å². The molecule has 9 heteroatoms. The van der Waals surface area contributed by atoms with Crippen LogP contribution in [0.2, 0.25) is 5.02 Å². The summed E-state index contributed by atoms with van der Waals surface area (Å²) in [6.45, 7) is 1.45. The van der Waals surface area contributed by atoms with Crippen LogP contribution in [0.15, 0.2) is 29.2 Å². The lowest BCUT2D eigenvalue weighted by Gasteiger charge is -2.14. The maximum atomic E-state index is 12.5. The Morgan fingerprint density at radius 1 is 1.37 bits per heavy atom. The van der Waals surface area contributed by atoms with E-state index in [1.54, 1.807) is 12.1 Å². The SMILES string of the molecule is CN(C)CCOC(=O)CCCN1C(=O)/C(=C\c2ccccc2Cl)SC1=S.Cl. The minimum absolute atomic E-state index is 0. The van der Waals surface area contributed by atoms with E-state index in [2.05, 4.69) is 0 Å². The summed E-state index contributed by atoms with van der Waals surface area (Å²) < 4.78 is 5.63. The van der Waals surface area contributed by atoms with Crippen molar-refractivity contribution in [3.63, 3.8) is 0 Å². The zero-order chi connectivity index (χ0) is 19.1. The molecule has 1 aromatic carbocycles. The highest BCUT2D eigenvalue weighted by molar-refractivity contribution is 8.26. The van der Waals surface area contributed by atoms with Crippen LogP contribution in [0.5, 0.6) is 0 Å². The van der Waals surface area contributed by atoms with Crippen LogP contribution in [0.4, 0.5) is 0 Å². The number of rotatable bonds is 8. The molecule has 0 spiro atoms. The van der Waals surface area contributed by atoms with Crippen LogP contribution in [-0.2, 0) is 14.3 Å². The molecule has 1 aromatic rings. The molecule has 0 unspecified atom stereocenters. The largest absolute Gasteiger partial charge is 0.464 e. The number of hydrogen-bond donors (Lipinski definition) is 0. The average Bonchev–Trinajstić information content (AvgIpc) is 2.84. The molecular weight excluding hydrogens is 427 g/mol. The molecule has 0 radical (unpaired) electrons. The molecule has 5 nitrogen and oxygen atoms in total. The van der Waals surface area contributed by atoms with Crippen LogP contribution in [0.25, 0.3) is 6.08 Å². The lowest BCUT2D eigenvalue weighted by Crippen LogP contribution is -2.29. The molecule has 1 aliphatic rings. The number of carbonyl (C=O) groups is 2. The van der Waals surface area contributed by atoms with E-state index in [0.29, 0.717) is 40.4 Å². The van der Waals surface area contributed by atoms with E-state index in [1.807, 2.05) is 37.2 Å². The molecule has 0 saturated carbocycles. The summed E-state index contributed by atoms with van der Waals surface area (Å²) in [7, 11) is 3.83. The second-order valence-corrected chi connectivity index (χ2v) is 8.07. The quantitative estimate of drug-likeness (QED) is 0.342. The van der Waals surface area contributed by atoms with Crippen LogP contribution in [0, 0.1) is 0 Å². The Hall–Kier alpha value is -1.12. The molecule has 1 saturated heterocycles. The van der Waals surface area contributed by atoms with Gasteiger partial charge in [0.05, 0.1) is 4.91 Å². The van der Waals surface area contributed by atoms with Gasteiger partial charge in [-0.15, -0.1) is 12.4 Å². The molecule has 0 atom stereocenters. The summed E-state index contributed by atoms with van der Waals surface area (Å²) in [5.41, 5.74) is 0.777. The number of esters is 1. The van der Waals surface area contributed by atoms with Crippen molar-refractivity contribution in [3.05, 3.63) is 39.8 Å². The predicted molar refractivity (Wildman–Crippen MR) is 117 cm³/mol. The Morgan fingerprint density at radius 2 is 2.07 bits per heavy atom. The maximum Gasteiger partial charge on any atom is 0.305 e. The number of hydrogen-bond acceptors (Lipinski definition) is 6. The summed E-state index contributed by atoms with van der Waals surface area (Å²) in [6.07, 6.45) is 2.51. The zero-order valence-electron chi connectivity index (χ0n) is 15.1. The molecule has 0 aliphatic carbocycles. The first-order valence-electron chi connectivity index (χ1n) is 8.18. The van der Waals surface area contributed by atoms with E-state index in [-0.39, 0.29) is 30.7 Å². The van der Waals surface area contributed by atoms with Gasteiger partial charge in [0.2, 0.25) is 0 Å². The third-order valence-corrected chi connectivity index (χ3v) is 5.35. The van der Waals surface area contributed by atoms with Crippen molar-refractivity contribution in [1.82, 2.24) is 9.80 Å². The number of likely N-dealkylation sites (N-methyl/N-ethyl adjacent to an activating group) is 1. The van der Waals surface area contributed by atoms with Gasteiger partial charge < -0.3 is 9.64 Å². The Balaban J connectivity index is 0.00000364. The van der Waals surface area contributed by atoms with Gasteiger partial charge in [-0.3, -0.25) is 14.5 Å². The second kappa shape index (κ2) is 11.7. The highest BCUT2D eigenvalue weighted by Crippen LogP contribution is 2.33. The predicted octanol–water partition coefficient (Wildman–Crippen LogP) is 3.85. The van der Waals surface area contributed by atoms with Crippen LogP contribution in [0.1, 0.15) is 18.4 Å². The van der Waals surface area contributed by atoms with Gasteiger partial charge in [-0.2, -0.15) is 0 Å². The van der Waals surface area contributed by atoms with Gasteiger partial charge in [0.1, 0.15) is 10.9 Å². The van der Waals surface area contributed by atoms with Crippen LogP contribution in [0.3, 0.4) is 0 Å². The van der Waals surface area contributed by atoms with Gasteiger partial charge in [-0.25, -0.2) is 0 Å². The fourth-order valence-electron chi connectivity index (χ4n) is 2.22. The minimum atomic E-state index is -0.260. The highest BCUT2D eigenvalue weighted by Gasteiger charge is 2.31. The molecule has 1 heterocycles. The van der Waals surface area contributed by atoms with Gasteiger partial charge in [-0.1, -0.05) is 53.8 Å². The number of amides is 1. The number of thiocarbonyl (C=S) groups is 1. The van der Waals surface area contributed by atoms with Crippen LogP contribution < -0.4 is 0 Å². The maximum absolute atomic E-state index is 12.5. The van der Waals surface area contributed by atoms with Gasteiger partial charge in [0.15, 0.2) is 0 Å². The van der Waals surface area contributed by atoms with Crippen molar-refractivity contribution in [2.45, 2.75) is 12.8 Å². The van der Waals surface area contributed by atoms with E-state index in [1.165, 1.54) is 16.7 Å². The van der Waals surface area contributed by atoms with E-state index in [4.69, 9.17) is 28.6 Å². The van der Waals surface area contributed by atoms with Crippen LogP contribution >= 0.6 is 48.0 Å². The molecule has 1 aliphatic heterocycles. The summed E-state index contributed by atoms with van der Waals surface area (Å²) in [6, 6.07) is 7.32. The number of halogens is 2. The average molecular weight is 449 g/mol. The van der Waals surface area contributed by atoms with E-state index in [0.717, 1.165) is 5.56 Å². The fraction of sp³-hybridized carbons (Fsp3) is 0.389. The number of benzene rings is 1. The third-order valence-electron chi connectivity index (χ3n) is 3.63. The summed E-state index contributed by atoms with van der Waals surface area (Å²) in [5, 5.41) is 0.582. The van der Waals surface area contributed by atoms with E-state index < -0.39 is 0 Å². The first kappa shape index (κ1) is 23.9. The lowest BCUT2D eigenvalue weighted by molar-refractivity contribution is -0.144. The van der Waals surface area contributed by atoms with E-state index >= 15 is 0 Å². The zero-order valence-corrected chi connectivity index (χ0v) is 18.3.